The van der Waals surface area contributed by atoms with Crippen molar-refractivity contribution in [3.05, 3.63) is 95.4 Å². The van der Waals surface area contributed by atoms with Gasteiger partial charge in [-0.15, -0.1) is 0 Å². The largest absolute Gasteiger partial charge is 0.491 e. The number of nitrogens with one attached hydrogen (secondary N) is 2. The zero-order valence-electron chi connectivity index (χ0n) is 21.6. The molecule has 0 radical (unpaired) electrons. The van der Waals surface area contributed by atoms with Crippen LogP contribution in [-0.4, -0.2) is 34.3 Å². The molecule has 1 unspecified atom stereocenters. The van der Waals surface area contributed by atoms with Crippen LogP contribution >= 0.6 is 15.9 Å². The van der Waals surface area contributed by atoms with Gasteiger partial charge in [0.25, 0.3) is 0 Å². The number of halogens is 1. The fourth-order valence-corrected chi connectivity index (χ4v) is 4.94. The molecule has 5 rings (SSSR count). The number of H-pyrrole nitrogens is 1. The standard InChI is InChI=1S/C31H30BrN3O3/c1-31(2,3)38-30(36)35-26(14-24-18-34-29-7-5-4-6-28(24)29)19-37-27-15-23(13-25(32)16-27)20-8-9-22-17-33-11-10-21(22)12-20/h4-13,15-18,26,34H,14,19H2,1-3H3,(H,35,36). The van der Waals surface area contributed by atoms with Gasteiger partial charge in [0.2, 0.25) is 0 Å². The maximum absolute atomic E-state index is 12.7. The number of amides is 1. The third kappa shape index (κ3) is 6.34. The number of nitrogens with zero attached hydrogens (tertiary/aromatic N) is 1. The molecule has 0 saturated heterocycles. The first-order valence-electron chi connectivity index (χ1n) is 12.6. The average molecular weight is 573 g/mol. The van der Waals surface area contributed by atoms with Crippen LogP contribution in [0.5, 0.6) is 5.75 Å². The second kappa shape index (κ2) is 10.9. The topological polar surface area (TPSA) is 76.2 Å². The van der Waals surface area contributed by atoms with Crippen LogP contribution in [0.25, 0.3) is 32.8 Å². The summed E-state index contributed by atoms with van der Waals surface area (Å²) in [5.41, 5.74) is 3.68. The van der Waals surface area contributed by atoms with Crippen LogP contribution in [-0.2, 0) is 11.2 Å². The van der Waals surface area contributed by atoms with E-state index in [9.17, 15) is 4.79 Å². The first kappa shape index (κ1) is 25.8. The summed E-state index contributed by atoms with van der Waals surface area (Å²) in [6.45, 7) is 5.83. The molecule has 194 valence electrons. The van der Waals surface area contributed by atoms with Crippen molar-refractivity contribution in [3.8, 4) is 16.9 Å². The van der Waals surface area contributed by atoms with Gasteiger partial charge in [-0.25, -0.2) is 4.79 Å². The van der Waals surface area contributed by atoms with Gasteiger partial charge in [0.1, 0.15) is 18.0 Å². The van der Waals surface area contributed by atoms with Gasteiger partial charge in [-0.2, -0.15) is 0 Å². The van der Waals surface area contributed by atoms with E-state index < -0.39 is 11.7 Å². The first-order valence-corrected chi connectivity index (χ1v) is 13.3. The molecular formula is C31H30BrN3O3. The maximum Gasteiger partial charge on any atom is 0.408 e. The molecule has 0 spiro atoms. The minimum atomic E-state index is -0.592. The van der Waals surface area contributed by atoms with Crippen LogP contribution in [0.3, 0.4) is 0 Å². The van der Waals surface area contributed by atoms with Gasteiger partial charge >= 0.3 is 6.09 Å². The molecule has 7 heteroatoms. The second-order valence-electron chi connectivity index (χ2n) is 10.3. The van der Waals surface area contributed by atoms with E-state index in [1.54, 1.807) is 6.20 Å². The van der Waals surface area contributed by atoms with Gasteiger partial charge in [0, 0.05) is 39.4 Å². The van der Waals surface area contributed by atoms with E-state index in [1.807, 2.05) is 69.6 Å². The Kier molecular flexibility index (Phi) is 7.38. The van der Waals surface area contributed by atoms with Crippen LogP contribution in [0.15, 0.2) is 89.8 Å². The lowest BCUT2D eigenvalue weighted by atomic mass is 10.0. The summed E-state index contributed by atoms with van der Waals surface area (Å²) in [5, 5.41) is 6.35. The van der Waals surface area contributed by atoms with E-state index >= 15 is 0 Å². The molecule has 3 aromatic carbocycles. The molecule has 0 aliphatic heterocycles. The minimum Gasteiger partial charge on any atom is -0.491 e. The molecule has 2 aromatic heterocycles. The van der Waals surface area contributed by atoms with E-state index in [1.165, 1.54) is 0 Å². The molecule has 5 aromatic rings. The maximum atomic E-state index is 12.7. The van der Waals surface area contributed by atoms with Gasteiger partial charge < -0.3 is 19.8 Å². The van der Waals surface area contributed by atoms with Crippen molar-refractivity contribution in [2.45, 2.75) is 38.8 Å². The highest BCUT2D eigenvalue weighted by Crippen LogP contribution is 2.31. The Morgan fingerprint density at radius 2 is 1.87 bits per heavy atom. The number of aromatic nitrogens is 2. The number of hydrogen-bond acceptors (Lipinski definition) is 4. The Labute approximate surface area is 230 Å². The summed E-state index contributed by atoms with van der Waals surface area (Å²) < 4.78 is 12.7. The zero-order valence-corrected chi connectivity index (χ0v) is 23.2. The molecule has 2 N–H and O–H groups in total. The van der Waals surface area contributed by atoms with Crippen molar-refractivity contribution in [2.75, 3.05) is 6.61 Å². The van der Waals surface area contributed by atoms with Crippen LogP contribution in [0.1, 0.15) is 26.3 Å². The molecule has 6 nitrogen and oxygen atoms in total. The van der Waals surface area contributed by atoms with Crippen LogP contribution in [0, 0.1) is 0 Å². The number of benzene rings is 3. The molecule has 0 fully saturated rings. The van der Waals surface area contributed by atoms with Crippen molar-refractivity contribution in [3.63, 3.8) is 0 Å². The number of ether oxygens (including phenoxy) is 2. The Hall–Kier alpha value is -3.84. The lowest BCUT2D eigenvalue weighted by molar-refractivity contribution is 0.0488. The van der Waals surface area contributed by atoms with E-state index in [0.29, 0.717) is 12.2 Å². The molecule has 38 heavy (non-hydrogen) atoms. The molecule has 0 bridgehead atoms. The van der Waals surface area contributed by atoms with E-state index in [-0.39, 0.29) is 12.6 Å². The van der Waals surface area contributed by atoms with E-state index in [4.69, 9.17) is 9.47 Å². The normalized spacial score (nSPS) is 12.4. The fourth-order valence-electron chi connectivity index (χ4n) is 4.46. The van der Waals surface area contributed by atoms with Crippen LogP contribution in [0.4, 0.5) is 4.79 Å². The fraction of sp³-hybridized carbons (Fsp3) is 0.226. The average Bonchev–Trinajstić information content (AvgIpc) is 3.28. The van der Waals surface area contributed by atoms with Crippen molar-refractivity contribution in [1.82, 2.24) is 15.3 Å². The predicted molar refractivity (Wildman–Crippen MR) is 156 cm³/mol. The monoisotopic (exact) mass is 571 g/mol. The van der Waals surface area contributed by atoms with Crippen LogP contribution < -0.4 is 10.1 Å². The molecule has 0 aliphatic carbocycles. The number of hydrogen-bond donors (Lipinski definition) is 2. The SMILES string of the molecule is CC(C)(C)OC(=O)NC(COc1cc(Br)cc(-c2ccc3cnccc3c2)c1)Cc1c[nH]c2ccccc12. The number of rotatable bonds is 7. The lowest BCUT2D eigenvalue weighted by Crippen LogP contribution is -2.43. The van der Waals surface area contributed by atoms with Gasteiger partial charge in [-0.3, -0.25) is 4.98 Å². The Balaban J connectivity index is 1.37. The summed E-state index contributed by atoms with van der Waals surface area (Å²) in [4.78, 5) is 20.2. The second-order valence-corrected chi connectivity index (χ2v) is 11.2. The summed E-state index contributed by atoms with van der Waals surface area (Å²) in [6, 6.07) is 22.1. The predicted octanol–water partition coefficient (Wildman–Crippen LogP) is 7.66. The van der Waals surface area contributed by atoms with E-state index in [0.717, 1.165) is 42.8 Å². The molecular weight excluding hydrogens is 542 g/mol. The molecule has 1 atom stereocenters. The number of carbonyl (C=O) groups is 1. The van der Waals surface area contributed by atoms with Crippen molar-refractivity contribution in [1.29, 1.82) is 0 Å². The van der Waals surface area contributed by atoms with Gasteiger partial charge in [-0.05, 0) is 85.7 Å². The molecule has 2 heterocycles. The van der Waals surface area contributed by atoms with Gasteiger partial charge in [-0.1, -0.05) is 46.3 Å². The zero-order chi connectivity index (χ0) is 26.7. The Bertz CT molecular complexity index is 1590. The third-order valence-electron chi connectivity index (χ3n) is 6.16. The van der Waals surface area contributed by atoms with Crippen molar-refractivity contribution < 1.29 is 14.3 Å². The first-order chi connectivity index (χ1) is 18.2. The number of pyridine rings is 1. The summed E-state index contributed by atoms with van der Waals surface area (Å²) >= 11 is 3.63. The number of aromatic amines is 1. The number of para-hydroxylation sites is 1. The quantitative estimate of drug-likeness (QED) is 0.210. The molecule has 0 aliphatic rings. The molecule has 0 saturated carbocycles. The number of fused-ring (bicyclic) bond motifs is 2. The highest BCUT2D eigenvalue weighted by Gasteiger charge is 2.21. The minimum absolute atomic E-state index is 0.276. The molecule has 1 amide bonds. The highest BCUT2D eigenvalue weighted by atomic mass is 79.9. The lowest BCUT2D eigenvalue weighted by Gasteiger charge is -2.24. The van der Waals surface area contributed by atoms with Crippen molar-refractivity contribution >= 4 is 43.7 Å². The van der Waals surface area contributed by atoms with Gasteiger partial charge in [0.05, 0.1) is 6.04 Å². The summed E-state index contributed by atoms with van der Waals surface area (Å²) in [6.07, 6.45) is 5.77. The van der Waals surface area contributed by atoms with Gasteiger partial charge in [0.15, 0.2) is 0 Å². The number of carbonyl (C=O) groups excluding carboxylic acids is 1. The van der Waals surface area contributed by atoms with E-state index in [2.05, 4.69) is 61.5 Å². The smallest absolute Gasteiger partial charge is 0.408 e. The Morgan fingerprint density at radius 1 is 1.03 bits per heavy atom. The summed E-state index contributed by atoms with van der Waals surface area (Å²) in [5.74, 6) is 0.708. The number of alkyl carbamates (subject to hydrolysis) is 1. The van der Waals surface area contributed by atoms with Crippen molar-refractivity contribution in [2.24, 2.45) is 0 Å². The third-order valence-corrected chi connectivity index (χ3v) is 6.62. The Morgan fingerprint density at radius 3 is 2.71 bits per heavy atom. The summed E-state index contributed by atoms with van der Waals surface area (Å²) in [7, 11) is 0. The highest BCUT2D eigenvalue weighted by molar-refractivity contribution is 9.10. The van der Waals surface area contributed by atoms with Crippen LogP contribution in [0.2, 0.25) is 0 Å².